The monoisotopic (exact) mass is 443 g/mol. The van der Waals surface area contributed by atoms with Crippen LogP contribution in [0.4, 0.5) is 4.39 Å². The Bertz CT molecular complexity index is 413. The van der Waals surface area contributed by atoms with Crippen LogP contribution in [0.3, 0.4) is 0 Å². The fraction of sp³-hybridized carbons (Fsp3) is 0.462. The van der Waals surface area contributed by atoms with Gasteiger partial charge in [0.1, 0.15) is 5.82 Å². The van der Waals surface area contributed by atoms with Crippen LogP contribution in [0.15, 0.2) is 27.7 Å². The molecule has 0 aliphatic heterocycles. The van der Waals surface area contributed by atoms with E-state index in [2.05, 4.69) is 38.5 Å². The molecule has 1 aromatic rings. The van der Waals surface area contributed by atoms with Crippen LogP contribution in [0, 0.1) is 5.82 Å². The molecule has 0 saturated heterocycles. The first-order chi connectivity index (χ1) is 8.67. The van der Waals surface area contributed by atoms with Crippen LogP contribution in [-0.4, -0.2) is 26.1 Å². The molecule has 0 saturated carbocycles. The highest BCUT2D eigenvalue weighted by atomic mass is 127. The zero-order chi connectivity index (χ0) is 13.4. The van der Waals surface area contributed by atoms with Gasteiger partial charge in [0.15, 0.2) is 5.96 Å². The second-order valence-corrected chi connectivity index (χ2v) is 4.83. The standard InChI is InChI=1S/C13H19BrFN3.HI/c1-3-7-17-13(16-2)18-8-6-10-9-11(14)4-5-12(10)15;/h4-5,9H,3,6-8H2,1-2H3,(H2,16,17,18);1H. The zero-order valence-electron chi connectivity index (χ0n) is 11.2. The van der Waals surface area contributed by atoms with Gasteiger partial charge in [-0.2, -0.15) is 0 Å². The molecule has 0 aliphatic carbocycles. The van der Waals surface area contributed by atoms with E-state index in [9.17, 15) is 4.39 Å². The highest BCUT2D eigenvalue weighted by molar-refractivity contribution is 14.0. The molecule has 0 heterocycles. The third-order valence-electron chi connectivity index (χ3n) is 2.46. The number of halogens is 3. The van der Waals surface area contributed by atoms with Gasteiger partial charge in [0, 0.05) is 24.6 Å². The first kappa shape index (κ1) is 18.6. The summed E-state index contributed by atoms with van der Waals surface area (Å²) in [6.45, 7) is 3.62. The Morgan fingerprint density at radius 2 is 2.00 bits per heavy atom. The average molecular weight is 444 g/mol. The van der Waals surface area contributed by atoms with Crippen LogP contribution in [0.1, 0.15) is 18.9 Å². The summed E-state index contributed by atoms with van der Waals surface area (Å²) in [5.74, 6) is 0.587. The van der Waals surface area contributed by atoms with Gasteiger partial charge >= 0.3 is 0 Å². The number of aliphatic imine (C=N–C) groups is 1. The first-order valence-corrected chi connectivity index (χ1v) is 6.85. The number of nitrogens with one attached hydrogen (secondary N) is 2. The third-order valence-corrected chi connectivity index (χ3v) is 2.95. The van der Waals surface area contributed by atoms with Crippen LogP contribution >= 0.6 is 39.9 Å². The van der Waals surface area contributed by atoms with E-state index in [0.717, 1.165) is 23.4 Å². The van der Waals surface area contributed by atoms with Crippen molar-refractivity contribution in [1.82, 2.24) is 10.6 Å². The second-order valence-electron chi connectivity index (χ2n) is 3.91. The van der Waals surface area contributed by atoms with E-state index in [-0.39, 0.29) is 29.8 Å². The summed E-state index contributed by atoms with van der Waals surface area (Å²) in [5, 5.41) is 6.32. The van der Waals surface area contributed by atoms with Crippen LogP contribution < -0.4 is 10.6 Å². The van der Waals surface area contributed by atoms with Gasteiger partial charge in [-0.15, -0.1) is 24.0 Å². The van der Waals surface area contributed by atoms with E-state index in [4.69, 9.17) is 0 Å². The summed E-state index contributed by atoms with van der Waals surface area (Å²) in [6, 6.07) is 4.98. The van der Waals surface area contributed by atoms with Crippen LogP contribution in [0.2, 0.25) is 0 Å². The van der Waals surface area contributed by atoms with E-state index < -0.39 is 0 Å². The van der Waals surface area contributed by atoms with Gasteiger partial charge in [-0.25, -0.2) is 4.39 Å². The Morgan fingerprint density at radius 3 is 2.63 bits per heavy atom. The molecule has 0 spiro atoms. The Labute approximate surface area is 139 Å². The second kappa shape index (κ2) is 10.4. The zero-order valence-corrected chi connectivity index (χ0v) is 15.1. The van der Waals surface area contributed by atoms with Crippen molar-refractivity contribution >= 4 is 45.9 Å². The molecule has 0 unspecified atom stereocenters. The molecule has 19 heavy (non-hydrogen) atoms. The van der Waals surface area contributed by atoms with Gasteiger partial charge in [-0.05, 0) is 36.6 Å². The lowest BCUT2D eigenvalue weighted by molar-refractivity contribution is 0.606. The van der Waals surface area contributed by atoms with Crippen molar-refractivity contribution in [2.24, 2.45) is 4.99 Å². The summed E-state index contributed by atoms with van der Waals surface area (Å²) >= 11 is 3.34. The lowest BCUT2D eigenvalue weighted by atomic mass is 10.1. The minimum Gasteiger partial charge on any atom is -0.356 e. The van der Waals surface area contributed by atoms with E-state index in [1.54, 1.807) is 19.2 Å². The Balaban J connectivity index is 0.00000324. The van der Waals surface area contributed by atoms with E-state index in [1.165, 1.54) is 6.07 Å². The van der Waals surface area contributed by atoms with Crippen LogP contribution in [0.5, 0.6) is 0 Å². The normalized spacial score (nSPS) is 10.8. The number of hydrogen-bond donors (Lipinski definition) is 2. The molecule has 0 bridgehead atoms. The SMILES string of the molecule is CCCNC(=NC)NCCc1cc(Br)ccc1F.I. The topological polar surface area (TPSA) is 36.4 Å². The van der Waals surface area contributed by atoms with Gasteiger partial charge in [0.2, 0.25) is 0 Å². The molecule has 0 amide bonds. The van der Waals surface area contributed by atoms with Crippen molar-refractivity contribution in [3.63, 3.8) is 0 Å². The molecule has 1 rings (SSSR count). The number of benzene rings is 1. The predicted octanol–water partition coefficient (Wildman–Crippen LogP) is 3.32. The summed E-state index contributed by atoms with van der Waals surface area (Å²) in [5.41, 5.74) is 0.697. The molecule has 0 aromatic heterocycles. The third kappa shape index (κ3) is 7.10. The van der Waals surface area contributed by atoms with E-state index in [1.807, 2.05) is 0 Å². The molecule has 0 aliphatic rings. The van der Waals surface area contributed by atoms with E-state index >= 15 is 0 Å². The van der Waals surface area contributed by atoms with Gasteiger partial charge in [-0.1, -0.05) is 22.9 Å². The summed E-state index contributed by atoms with van der Waals surface area (Å²) < 4.78 is 14.4. The summed E-state index contributed by atoms with van der Waals surface area (Å²) in [4.78, 5) is 4.09. The van der Waals surface area contributed by atoms with Crippen molar-refractivity contribution in [2.45, 2.75) is 19.8 Å². The predicted molar refractivity (Wildman–Crippen MR) is 92.9 cm³/mol. The van der Waals surface area contributed by atoms with Gasteiger partial charge in [-0.3, -0.25) is 4.99 Å². The van der Waals surface area contributed by atoms with Crippen molar-refractivity contribution < 1.29 is 4.39 Å². The average Bonchev–Trinajstić information content (AvgIpc) is 2.37. The minimum atomic E-state index is -0.170. The molecular formula is C13H20BrFIN3. The Kier molecular flexibility index (Phi) is 10.2. The molecule has 1 aromatic carbocycles. The highest BCUT2D eigenvalue weighted by Crippen LogP contribution is 2.15. The number of nitrogens with zero attached hydrogens (tertiary/aromatic N) is 1. The maximum atomic E-state index is 13.5. The van der Waals surface area contributed by atoms with Crippen molar-refractivity contribution in [2.75, 3.05) is 20.1 Å². The summed E-state index contributed by atoms with van der Waals surface area (Å²) in [6.07, 6.45) is 1.67. The quantitative estimate of drug-likeness (QED) is 0.416. The van der Waals surface area contributed by atoms with Crippen LogP contribution in [-0.2, 0) is 6.42 Å². The van der Waals surface area contributed by atoms with Gasteiger partial charge in [0.25, 0.3) is 0 Å². The molecule has 108 valence electrons. The maximum absolute atomic E-state index is 13.5. The minimum absolute atomic E-state index is 0. The summed E-state index contributed by atoms with van der Waals surface area (Å²) in [7, 11) is 1.73. The van der Waals surface area contributed by atoms with Gasteiger partial charge < -0.3 is 10.6 Å². The fourth-order valence-electron chi connectivity index (χ4n) is 1.51. The largest absolute Gasteiger partial charge is 0.356 e. The van der Waals surface area contributed by atoms with Gasteiger partial charge in [0.05, 0.1) is 0 Å². The Hall–Kier alpha value is -0.370. The fourth-order valence-corrected chi connectivity index (χ4v) is 1.92. The van der Waals surface area contributed by atoms with E-state index in [0.29, 0.717) is 18.5 Å². The van der Waals surface area contributed by atoms with Crippen molar-refractivity contribution in [1.29, 1.82) is 0 Å². The van der Waals surface area contributed by atoms with Crippen molar-refractivity contribution in [3.05, 3.63) is 34.1 Å². The first-order valence-electron chi connectivity index (χ1n) is 6.05. The highest BCUT2D eigenvalue weighted by Gasteiger charge is 2.03. The molecule has 6 heteroatoms. The molecule has 2 N–H and O–H groups in total. The smallest absolute Gasteiger partial charge is 0.190 e. The molecular weight excluding hydrogens is 424 g/mol. The molecule has 3 nitrogen and oxygen atoms in total. The maximum Gasteiger partial charge on any atom is 0.190 e. The Morgan fingerprint density at radius 1 is 1.32 bits per heavy atom. The van der Waals surface area contributed by atoms with Crippen LogP contribution in [0.25, 0.3) is 0 Å². The number of rotatable bonds is 5. The number of guanidine groups is 1. The number of hydrogen-bond acceptors (Lipinski definition) is 1. The molecule has 0 fully saturated rings. The lowest BCUT2D eigenvalue weighted by Crippen LogP contribution is -2.38. The lowest BCUT2D eigenvalue weighted by Gasteiger charge is -2.11. The molecule has 0 radical (unpaired) electrons. The van der Waals surface area contributed by atoms with Crippen molar-refractivity contribution in [3.8, 4) is 0 Å². The molecule has 0 atom stereocenters.